The number of aromatic nitrogens is 5. The summed E-state index contributed by atoms with van der Waals surface area (Å²) in [5.74, 6) is -1.05. The second kappa shape index (κ2) is 6.05. The molecule has 9 heteroatoms. The van der Waals surface area contributed by atoms with Gasteiger partial charge in [0.2, 0.25) is 4.73 Å². The molecule has 0 unspecified atom stereocenters. The Balaban J connectivity index is 1.98. The van der Waals surface area contributed by atoms with Gasteiger partial charge < -0.3 is 0 Å². The summed E-state index contributed by atoms with van der Waals surface area (Å²) < 4.78 is 28.2. The Morgan fingerprint density at radius 2 is 1.86 bits per heavy atom. The van der Waals surface area contributed by atoms with Crippen molar-refractivity contribution < 1.29 is 8.78 Å². The number of rotatable bonds is 3. The molecule has 22 heavy (non-hydrogen) atoms. The van der Waals surface area contributed by atoms with E-state index in [1.807, 2.05) is 0 Å². The summed E-state index contributed by atoms with van der Waals surface area (Å²) in [5.41, 5.74) is 0.395. The second-order valence-corrected chi connectivity index (χ2v) is 5.45. The normalized spacial score (nSPS) is 10.9. The van der Waals surface area contributed by atoms with Crippen LogP contribution >= 0.6 is 27.5 Å². The first-order valence-corrected chi connectivity index (χ1v) is 7.22. The first-order chi connectivity index (χ1) is 10.5. The minimum Gasteiger partial charge on any atom is -0.238 e. The average molecular weight is 387 g/mol. The highest BCUT2D eigenvalue weighted by atomic mass is 79.9. The molecule has 2 heterocycles. The van der Waals surface area contributed by atoms with Crippen molar-refractivity contribution in [3.8, 4) is 11.4 Å². The fourth-order valence-electron chi connectivity index (χ4n) is 1.83. The van der Waals surface area contributed by atoms with E-state index in [-0.39, 0.29) is 6.54 Å². The predicted molar refractivity (Wildman–Crippen MR) is 79.2 cm³/mol. The molecule has 5 nitrogen and oxygen atoms in total. The molecule has 0 aliphatic heterocycles. The number of hydrogen-bond donors (Lipinski definition) is 0. The summed E-state index contributed by atoms with van der Waals surface area (Å²) in [5, 5.41) is 4.57. The molecule has 0 amide bonds. The zero-order valence-corrected chi connectivity index (χ0v) is 13.2. The second-order valence-electron chi connectivity index (χ2n) is 4.31. The Morgan fingerprint density at radius 3 is 2.55 bits per heavy atom. The molecule has 3 rings (SSSR count). The third-order valence-electron chi connectivity index (χ3n) is 2.79. The fraction of sp³-hybridized carbons (Fsp3) is 0.0769. The van der Waals surface area contributed by atoms with Crippen LogP contribution in [0, 0.1) is 11.6 Å². The molecule has 2 aromatic heterocycles. The fourth-order valence-corrected chi connectivity index (χ4v) is 2.29. The van der Waals surface area contributed by atoms with Crippen LogP contribution in [0.4, 0.5) is 8.78 Å². The Bertz CT molecular complexity index is 822. The zero-order chi connectivity index (χ0) is 15.7. The average Bonchev–Trinajstić information content (AvgIpc) is 2.85. The third-order valence-corrected chi connectivity index (χ3v) is 3.32. The van der Waals surface area contributed by atoms with Crippen molar-refractivity contribution in [2.75, 3.05) is 0 Å². The van der Waals surface area contributed by atoms with Gasteiger partial charge in [-0.25, -0.2) is 28.4 Å². The Labute approximate surface area is 137 Å². The summed E-state index contributed by atoms with van der Waals surface area (Å²) in [7, 11) is 0. The van der Waals surface area contributed by atoms with E-state index in [4.69, 9.17) is 11.6 Å². The van der Waals surface area contributed by atoms with Gasteiger partial charge in [-0.1, -0.05) is 11.6 Å². The van der Waals surface area contributed by atoms with Crippen LogP contribution in [-0.4, -0.2) is 24.7 Å². The van der Waals surface area contributed by atoms with Gasteiger partial charge in [-0.2, -0.15) is 0 Å². The summed E-state index contributed by atoms with van der Waals surface area (Å²) in [6.07, 6.45) is 2.93. The van der Waals surface area contributed by atoms with Crippen molar-refractivity contribution in [2.45, 2.75) is 6.54 Å². The van der Waals surface area contributed by atoms with Gasteiger partial charge in [-0.3, -0.25) is 0 Å². The first kappa shape index (κ1) is 15.0. The number of halogens is 4. The lowest BCUT2D eigenvalue weighted by Gasteiger charge is -2.05. The molecule has 0 aliphatic rings. The van der Waals surface area contributed by atoms with Crippen molar-refractivity contribution in [3.63, 3.8) is 0 Å². The number of benzene rings is 1. The van der Waals surface area contributed by atoms with E-state index in [1.54, 1.807) is 0 Å². The molecule has 0 saturated carbocycles. The van der Waals surface area contributed by atoms with E-state index < -0.39 is 11.6 Å². The largest absolute Gasteiger partial charge is 0.238 e. The van der Waals surface area contributed by atoms with Crippen LogP contribution in [0.15, 0.2) is 35.3 Å². The van der Waals surface area contributed by atoms with E-state index in [0.29, 0.717) is 27.0 Å². The molecular formula is C13H7BrClF2N5. The van der Waals surface area contributed by atoms with Gasteiger partial charge in [-0.05, 0) is 34.1 Å². The molecule has 0 fully saturated rings. The lowest BCUT2D eigenvalue weighted by Crippen LogP contribution is -2.07. The monoisotopic (exact) mass is 385 g/mol. The predicted octanol–water partition coefficient (Wildman–Crippen LogP) is 3.48. The quantitative estimate of drug-likeness (QED) is 0.691. The van der Waals surface area contributed by atoms with Gasteiger partial charge in [0.15, 0.2) is 17.5 Å². The maximum absolute atomic E-state index is 13.4. The Morgan fingerprint density at radius 1 is 1.14 bits per heavy atom. The topological polar surface area (TPSA) is 56.5 Å². The highest BCUT2D eigenvalue weighted by molar-refractivity contribution is 9.10. The molecule has 0 N–H and O–H groups in total. The van der Waals surface area contributed by atoms with Gasteiger partial charge in [0, 0.05) is 18.0 Å². The van der Waals surface area contributed by atoms with E-state index in [2.05, 4.69) is 36.0 Å². The lowest BCUT2D eigenvalue weighted by atomic mass is 10.2. The zero-order valence-electron chi connectivity index (χ0n) is 10.8. The van der Waals surface area contributed by atoms with Crippen LogP contribution in [0.3, 0.4) is 0 Å². The van der Waals surface area contributed by atoms with Crippen molar-refractivity contribution in [2.24, 2.45) is 0 Å². The maximum atomic E-state index is 13.4. The number of nitrogens with zero attached hydrogens (tertiary/aromatic N) is 5. The molecular weight excluding hydrogens is 380 g/mol. The van der Waals surface area contributed by atoms with Crippen molar-refractivity contribution >= 4 is 27.5 Å². The SMILES string of the molecule is Fc1ccc(-c2nc(Br)nn2Cc2ncc(Cl)cn2)cc1F. The van der Waals surface area contributed by atoms with Crippen LogP contribution in [0.2, 0.25) is 5.02 Å². The highest BCUT2D eigenvalue weighted by Gasteiger charge is 2.14. The molecule has 0 radical (unpaired) electrons. The van der Waals surface area contributed by atoms with Crippen LogP contribution in [0.25, 0.3) is 11.4 Å². The summed E-state index contributed by atoms with van der Waals surface area (Å²) in [6.45, 7) is 0.212. The first-order valence-electron chi connectivity index (χ1n) is 6.05. The molecule has 3 aromatic rings. The van der Waals surface area contributed by atoms with Crippen molar-refractivity contribution in [1.29, 1.82) is 0 Å². The minimum atomic E-state index is -0.953. The Kier molecular flexibility index (Phi) is 4.12. The smallest absolute Gasteiger partial charge is 0.217 e. The standard InChI is InChI=1S/C13H7BrClF2N5/c14-13-20-12(7-1-2-9(16)10(17)3-7)22(21-13)6-11-18-4-8(15)5-19-11/h1-5H,6H2. The van der Waals surface area contributed by atoms with E-state index in [9.17, 15) is 8.78 Å². The van der Waals surface area contributed by atoms with E-state index >= 15 is 0 Å². The summed E-state index contributed by atoms with van der Waals surface area (Å²) >= 11 is 8.90. The number of hydrogen-bond acceptors (Lipinski definition) is 4. The van der Waals surface area contributed by atoms with Crippen molar-refractivity contribution in [3.05, 3.63) is 57.8 Å². The van der Waals surface area contributed by atoms with Crippen LogP contribution in [0.5, 0.6) is 0 Å². The van der Waals surface area contributed by atoms with Crippen LogP contribution < -0.4 is 0 Å². The van der Waals surface area contributed by atoms with Gasteiger partial charge >= 0.3 is 0 Å². The molecule has 0 saturated heterocycles. The lowest BCUT2D eigenvalue weighted by molar-refractivity contribution is 0.509. The summed E-state index contributed by atoms with van der Waals surface area (Å²) in [4.78, 5) is 12.3. The van der Waals surface area contributed by atoms with Gasteiger partial charge in [-0.15, -0.1) is 5.10 Å². The third kappa shape index (κ3) is 3.12. The minimum absolute atomic E-state index is 0.212. The molecule has 0 spiro atoms. The maximum Gasteiger partial charge on any atom is 0.217 e. The molecule has 0 bridgehead atoms. The Hall–Kier alpha value is -1.93. The van der Waals surface area contributed by atoms with Gasteiger partial charge in [0.05, 0.1) is 5.02 Å². The molecule has 1 aromatic carbocycles. The van der Waals surface area contributed by atoms with E-state index in [0.717, 1.165) is 12.1 Å². The van der Waals surface area contributed by atoms with Crippen LogP contribution in [0.1, 0.15) is 5.82 Å². The van der Waals surface area contributed by atoms with E-state index in [1.165, 1.54) is 23.1 Å². The van der Waals surface area contributed by atoms with Crippen molar-refractivity contribution in [1.82, 2.24) is 24.7 Å². The van der Waals surface area contributed by atoms with Crippen LogP contribution in [-0.2, 0) is 6.54 Å². The molecule has 0 atom stereocenters. The van der Waals surface area contributed by atoms with Gasteiger partial charge in [0.25, 0.3) is 0 Å². The summed E-state index contributed by atoms with van der Waals surface area (Å²) in [6, 6.07) is 3.52. The van der Waals surface area contributed by atoms with Gasteiger partial charge in [0.1, 0.15) is 12.4 Å². The highest BCUT2D eigenvalue weighted by Crippen LogP contribution is 2.22. The molecule has 0 aliphatic carbocycles. The molecule has 112 valence electrons.